The second-order valence-electron chi connectivity index (χ2n) is 5.43. The van der Waals surface area contributed by atoms with Gasteiger partial charge in [-0.15, -0.1) is 0 Å². The van der Waals surface area contributed by atoms with Gasteiger partial charge < -0.3 is 5.11 Å². The zero-order valence-corrected chi connectivity index (χ0v) is 9.81. The Hall–Kier alpha value is -0.570. The van der Waals surface area contributed by atoms with Crippen molar-refractivity contribution in [1.82, 2.24) is 4.90 Å². The van der Waals surface area contributed by atoms with Crippen molar-refractivity contribution in [2.24, 2.45) is 17.8 Å². The fourth-order valence-corrected chi connectivity index (χ4v) is 3.16. The summed E-state index contributed by atoms with van der Waals surface area (Å²) >= 11 is 0. The largest absolute Gasteiger partial charge is 0.480 e. The molecule has 1 aliphatic carbocycles. The van der Waals surface area contributed by atoms with Crippen LogP contribution >= 0.6 is 0 Å². The third-order valence-corrected chi connectivity index (χ3v) is 4.54. The van der Waals surface area contributed by atoms with E-state index in [1.165, 1.54) is 6.42 Å². The predicted octanol–water partition coefficient (Wildman–Crippen LogP) is 1.83. The molecule has 0 spiro atoms. The Morgan fingerprint density at radius 2 is 1.93 bits per heavy atom. The van der Waals surface area contributed by atoms with Crippen molar-refractivity contribution >= 4 is 5.97 Å². The molecule has 0 amide bonds. The van der Waals surface area contributed by atoms with Gasteiger partial charge in [0.1, 0.15) is 6.04 Å². The topological polar surface area (TPSA) is 40.5 Å². The maximum absolute atomic E-state index is 11.2. The highest BCUT2D eigenvalue weighted by atomic mass is 16.4. The van der Waals surface area contributed by atoms with Crippen molar-refractivity contribution in [3.05, 3.63) is 0 Å². The summed E-state index contributed by atoms with van der Waals surface area (Å²) in [6, 6.07) is 0.288. The molecule has 1 saturated carbocycles. The lowest BCUT2D eigenvalue weighted by Crippen LogP contribution is -2.54. The summed E-state index contributed by atoms with van der Waals surface area (Å²) in [6.45, 7) is 7.54. The van der Waals surface area contributed by atoms with Gasteiger partial charge in [0, 0.05) is 6.04 Å². The molecule has 0 radical (unpaired) electrons. The molecule has 3 heteroatoms. The van der Waals surface area contributed by atoms with Crippen molar-refractivity contribution in [2.75, 3.05) is 6.54 Å². The van der Waals surface area contributed by atoms with Crippen molar-refractivity contribution in [3.8, 4) is 0 Å². The first-order valence-corrected chi connectivity index (χ1v) is 6.01. The third kappa shape index (κ3) is 1.67. The highest BCUT2D eigenvalue weighted by Crippen LogP contribution is 2.41. The highest BCUT2D eigenvalue weighted by Gasteiger charge is 2.46. The summed E-state index contributed by atoms with van der Waals surface area (Å²) in [7, 11) is 0. The summed E-state index contributed by atoms with van der Waals surface area (Å²) in [5.41, 5.74) is 0. The van der Waals surface area contributed by atoms with E-state index in [0.717, 1.165) is 18.9 Å². The van der Waals surface area contributed by atoms with Gasteiger partial charge in [-0.2, -0.15) is 0 Å². The van der Waals surface area contributed by atoms with Gasteiger partial charge >= 0.3 is 5.97 Å². The molecule has 2 fully saturated rings. The van der Waals surface area contributed by atoms with E-state index < -0.39 is 5.97 Å². The van der Waals surface area contributed by atoms with E-state index in [9.17, 15) is 9.90 Å². The van der Waals surface area contributed by atoms with Crippen LogP contribution in [0.4, 0.5) is 0 Å². The molecule has 1 heterocycles. The van der Waals surface area contributed by atoms with Crippen LogP contribution in [0.3, 0.4) is 0 Å². The molecule has 3 nitrogen and oxygen atoms in total. The Labute approximate surface area is 91.5 Å². The average Bonchev–Trinajstić information content (AvgIpc) is 2.55. The summed E-state index contributed by atoms with van der Waals surface area (Å²) in [5, 5.41) is 9.23. The van der Waals surface area contributed by atoms with Gasteiger partial charge in [0.2, 0.25) is 0 Å². The van der Waals surface area contributed by atoms with Crippen LogP contribution in [0.15, 0.2) is 0 Å². The van der Waals surface area contributed by atoms with Crippen LogP contribution in [-0.4, -0.2) is 34.6 Å². The van der Waals surface area contributed by atoms with Crippen LogP contribution in [0.5, 0.6) is 0 Å². The van der Waals surface area contributed by atoms with Crippen LogP contribution in [0, 0.1) is 17.8 Å². The Bertz CT molecular complexity index is 266. The van der Waals surface area contributed by atoms with Crippen molar-refractivity contribution in [1.29, 1.82) is 0 Å². The van der Waals surface area contributed by atoms with Gasteiger partial charge in [0.15, 0.2) is 0 Å². The zero-order chi connectivity index (χ0) is 11.2. The van der Waals surface area contributed by atoms with Crippen LogP contribution in [0.25, 0.3) is 0 Å². The highest BCUT2D eigenvalue weighted by molar-refractivity contribution is 5.74. The first-order valence-electron chi connectivity index (χ1n) is 6.01. The van der Waals surface area contributed by atoms with E-state index >= 15 is 0 Å². The average molecular weight is 211 g/mol. The SMILES string of the molecule is CC1CC(N2CCC(C)C2C(=O)O)C1C. The molecule has 0 aromatic heterocycles. The van der Waals surface area contributed by atoms with Crippen molar-refractivity contribution < 1.29 is 9.90 Å². The van der Waals surface area contributed by atoms with Crippen molar-refractivity contribution in [2.45, 2.75) is 45.7 Å². The second kappa shape index (κ2) is 3.78. The van der Waals surface area contributed by atoms with Crippen LogP contribution in [0.1, 0.15) is 33.6 Å². The molecule has 0 aromatic carbocycles. The molecule has 86 valence electrons. The maximum atomic E-state index is 11.2. The summed E-state index contributed by atoms with van der Waals surface area (Å²) in [5.74, 6) is 1.11. The molecule has 0 bridgehead atoms. The number of rotatable bonds is 2. The Morgan fingerprint density at radius 3 is 2.40 bits per heavy atom. The monoisotopic (exact) mass is 211 g/mol. The van der Waals surface area contributed by atoms with Gasteiger partial charge in [0.25, 0.3) is 0 Å². The lowest BCUT2D eigenvalue weighted by atomic mass is 9.70. The van der Waals surface area contributed by atoms with E-state index in [-0.39, 0.29) is 6.04 Å². The molecular weight excluding hydrogens is 190 g/mol. The number of hydrogen-bond donors (Lipinski definition) is 1. The number of carboxylic acids is 1. The number of carbonyl (C=O) groups is 1. The molecule has 5 atom stereocenters. The van der Waals surface area contributed by atoms with Crippen LogP contribution < -0.4 is 0 Å². The van der Waals surface area contributed by atoms with E-state index in [0.29, 0.717) is 17.9 Å². The minimum Gasteiger partial charge on any atom is -0.480 e. The van der Waals surface area contributed by atoms with E-state index in [2.05, 4.69) is 25.7 Å². The van der Waals surface area contributed by atoms with E-state index in [1.54, 1.807) is 0 Å². The van der Waals surface area contributed by atoms with Crippen LogP contribution in [-0.2, 0) is 4.79 Å². The van der Waals surface area contributed by atoms with E-state index in [1.807, 2.05) is 0 Å². The van der Waals surface area contributed by atoms with Gasteiger partial charge in [-0.25, -0.2) is 0 Å². The second-order valence-corrected chi connectivity index (χ2v) is 5.43. The Morgan fingerprint density at radius 1 is 1.27 bits per heavy atom. The first-order chi connectivity index (χ1) is 7.02. The third-order valence-electron chi connectivity index (χ3n) is 4.54. The minimum atomic E-state index is -0.633. The molecule has 1 saturated heterocycles. The number of aliphatic carboxylic acids is 1. The zero-order valence-electron chi connectivity index (χ0n) is 9.81. The Balaban J connectivity index is 2.06. The molecule has 15 heavy (non-hydrogen) atoms. The van der Waals surface area contributed by atoms with Gasteiger partial charge in [0.05, 0.1) is 0 Å². The quantitative estimate of drug-likeness (QED) is 0.757. The van der Waals surface area contributed by atoms with Gasteiger partial charge in [-0.05, 0) is 37.1 Å². The summed E-state index contributed by atoms with van der Waals surface area (Å²) in [4.78, 5) is 13.4. The number of carboxylic acid groups (broad SMARTS) is 1. The smallest absolute Gasteiger partial charge is 0.321 e. The molecule has 2 rings (SSSR count). The standard InChI is InChI=1S/C12H21NO2/c1-7-4-5-13(11(7)12(14)15)10-6-8(2)9(10)3/h7-11H,4-6H2,1-3H3,(H,14,15). The van der Waals surface area contributed by atoms with Gasteiger partial charge in [-0.3, -0.25) is 9.69 Å². The molecule has 5 unspecified atom stereocenters. The Kier molecular flexibility index (Phi) is 2.75. The predicted molar refractivity (Wildman–Crippen MR) is 58.6 cm³/mol. The van der Waals surface area contributed by atoms with Gasteiger partial charge in [-0.1, -0.05) is 20.8 Å². The summed E-state index contributed by atoms with van der Waals surface area (Å²) in [6.07, 6.45) is 2.21. The number of hydrogen-bond acceptors (Lipinski definition) is 2. The molecule has 1 aliphatic heterocycles. The summed E-state index contributed by atoms with van der Waals surface area (Å²) < 4.78 is 0. The molecule has 0 aromatic rings. The number of nitrogens with zero attached hydrogens (tertiary/aromatic N) is 1. The molecular formula is C12H21NO2. The van der Waals surface area contributed by atoms with E-state index in [4.69, 9.17) is 0 Å². The first kappa shape index (κ1) is 10.9. The van der Waals surface area contributed by atoms with Crippen LogP contribution in [0.2, 0.25) is 0 Å². The lowest BCUT2D eigenvalue weighted by molar-refractivity contribution is -0.146. The van der Waals surface area contributed by atoms with Crippen molar-refractivity contribution in [3.63, 3.8) is 0 Å². The fourth-order valence-electron chi connectivity index (χ4n) is 3.16. The normalized spacial score (nSPS) is 46.5. The fraction of sp³-hybridized carbons (Fsp3) is 0.917. The lowest BCUT2D eigenvalue weighted by Gasteiger charge is -2.47. The number of likely N-dealkylation sites (tertiary alicyclic amines) is 1. The minimum absolute atomic E-state index is 0.232. The maximum Gasteiger partial charge on any atom is 0.321 e. The molecule has 1 N–H and O–H groups in total. The molecule has 2 aliphatic rings.